The van der Waals surface area contributed by atoms with Gasteiger partial charge >= 0.3 is 0 Å². The Morgan fingerprint density at radius 3 is 2.11 bits per heavy atom. The number of aromatic hydroxyl groups is 1. The van der Waals surface area contributed by atoms with E-state index in [4.69, 9.17) is 15.2 Å². The Hall–Kier alpha value is -6.63. The van der Waals surface area contributed by atoms with Crippen LogP contribution in [0.2, 0.25) is 0 Å². The summed E-state index contributed by atoms with van der Waals surface area (Å²) >= 11 is 1.57. The van der Waals surface area contributed by atoms with Crippen molar-refractivity contribution in [1.82, 2.24) is 46.6 Å². The number of phenols is 1. The lowest BCUT2D eigenvalue weighted by atomic mass is 9.72. The zero-order valence-electron chi connectivity index (χ0n) is 52.2. The Morgan fingerprint density at radius 2 is 1.45 bits per heavy atom. The van der Waals surface area contributed by atoms with Crippen LogP contribution in [0.1, 0.15) is 120 Å². The van der Waals surface area contributed by atoms with Crippen molar-refractivity contribution in [2.75, 3.05) is 58.4 Å². The zero-order chi connectivity index (χ0) is 65.4. The van der Waals surface area contributed by atoms with Gasteiger partial charge in [-0.25, -0.2) is 0 Å². The number of rotatable bonds is 16. The molecule has 500 valence electrons. The Kier molecular flexibility index (Phi) is 23.0. The average Bonchev–Trinajstić information content (AvgIpc) is 1.98. The van der Waals surface area contributed by atoms with E-state index in [2.05, 4.69) is 65.9 Å². The van der Waals surface area contributed by atoms with Crippen LogP contribution in [0.3, 0.4) is 0 Å². The molecule has 7 amide bonds. The summed E-state index contributed by atoms with van der Waals surface area (Å²) in [6, 6.07) is 1.98. The van der Waals surface area contributed by atoms with Gasteiger partial charge in [-0.1, -0.05) is 43.6 Å². The number of aliphatic hydroxyl groups is 6. The number of nitrogens with two attached hydrogens (primary N) is 1. The van der Waals surface area contributed by atoms with E-state index in [-0.39, 0.29) is 54.0 Å². The van der Waals surface area contributed by atoms with E-state index < -0.39 is 152 Å². The molecule has 6 fully saturated rings. The molecule has 28 heteroatoms. The quantitative estimate of drug-likeness (QED) is 0.0855. The van der Waals surface area contributed by atoms with Crippen molar-refractivity contribution in [2.24, 2.45) is 23.5 Å². The first-order chi connectivity index (χ1) is 43.5. The number of aliphatic hydroxyl groups excluding tert-OH is 6. The van der Waals surface area contributed by atoms with Crippen LogP contribution in [0.15, 0.2) is 42.5 Å². The summed E-state index contributed by atoms with van der Waals surface area (Å²) in [4.78, 5) is 104. The van der Waals surface area contributed by atoms with Gasteiger partial charge in [0.25, 0.3) is 0 Å². The molecule has 4 saturated heterocycles. The first kappa shape index (κ1) is 68.7. The molecule has 2 aromatic carbocycles. The fourth-order valence-electron chi connectivity index (χ4n) is 14.3. The number of hydrogen-bond acceptors (Lipinski definition) is 21. The molecule has 9 rings (SSSR count). The van der Waals surface area contributed by atoms with Gasteiger partial charge in [0.1, 0.15) is 40.2 Å². The van der Waals surface area contributed by atoms with Crippen molar-refractivity contribution >= 4 is 58.4 Å². The summed E-state index contributed by atoms with van der Waals surface area (Å²) in [6.07, 6.45) is -0.751. The SMILES string of the molecule is COc1cc(C[C@@H](O)[C@@H]2NC(=O)[C@@H]3C[C@@H](O)CN3C(=O)[C@H]([C@@H](C)O)NC(=O)[C@@H](NC[C@H]3CC[C@H](c4nnc(-c5ccc(N6CCC(OC)(C7CCCCC7)CC6)cc5)s4)CC3)C[C@@H](O)CNC(=O)[C@@H]3[C@@H](O)[C@@H](C)CN3C(=O)[C@H]([C@H](O)CC(N)=O)NC2=O)ccc1O. The van der Waals surface area contributed by atoms with Crippen molar-refractivity contribution in [3.63, 3.8) is 0 Å². The summed E-state index contributed by atoms with van der Waals surface area (Å²) < 4.78 is 11.5. The number of methoxy groups -OCH3 is 2. The maximum Gasteiger partial charge on any atom is 0.248 e. The summed E-state index contributed by atoms with van der Waals surface area (Å²) in [5.41, 5.74) is 7.83. The largest absolute Gasteiger partial charge is 0.504 e. The molecule has 0 spiro atoms. The Balaban J connectivity index is 0.910. The van der Waals surface area contributed by atoms with Crippen LogP contribution in [-0.4, -0.2) is 229 Å². The molecule has 2 aliphatic carbocycles. The van der Waals surface area contributed by atoms with Crippen molar-refractivity contribution in [1.29, 1.82) is 0 Å². The first-order valence-corrected chi connectivity index (χ1v) is 32.8. The van der Waals surface area contributed by atoms with Crippen LogP contribution in [0.25, 0.3) is 10.6 Å². The van der Waals surface area contributed by atoms with Gasteiger partial charge < -0.3 is 92.2 Å². The number of primary amides is 1. The fraction of sp³-hybridized carbons (Fsp3) is 0.667. The van der Waals surface area contributed by atoms with E-state index in [1.807, 2.05) is 7.11 Å². The molecule has 27 nitrogen and oxygen atoms in total. The van der Waals surface area contributed by atoms with E-state index in [1.165, 1.54) is 76.9 Å². The van der Waals surface area contributed by atoms with Gasteiger partial charge in [0.05, 0.1) is 61.8 Å². The lowest BCUT2D eigenvalue weighted by Crippen LogP contribution is -2.64. The Labute approximate surface area is 533 Å². The van der Waals surface area contributed by atoms with Gasteiger partial charge in [-0.15, -0.1) is 10.2 Å². The second-order valence-electron chi connectivity index (χ2n) is 25.9. The highest BCUT2D eigenvalue weighted by molar-refractivity contribution is 7.14. The monoisotopic (exact) mass is 1290 g/mol. The number of amides is 7. The van der Waals surface area contributed by atoms with Crippen molar-refractivity contribution in [3.05, 3.63) is 53.0 Å². The third-order valence-electron chi connectivity index (χ3n) is 19.7. The second kappa shape index (κ2) is 30.4. The topological polar surface area (TPSA) is 401 Å². The number of ether oxygens (including phenoxy) is 2. The number of anilines is 1. The maximum absolute atomic E-state index is 14.7. The zero-order valence-corrected chi connectivity index (χ0v) is 53.0. The predicted octanol–water partition coefficient (Wildman–Crippen LogP) is -0.557. The van der Waals surface area contributed by atoms with E-state index in [9.17, 15) is 69.3 Å². The molecule has 0 unspecified atom stereocenters. The van der Waals surface area contributed by atoms with Crippen molar-refractivity contribution < 1.29 is 78.8 Å². The Bertz CT molecular complexity index is 3030. The molecule has 6 aliphatic rings. The number of fused-ring (bicyclic) bond motifs is 2. The fourth-order valence-corrected chi connectivity index (χ4v) is 15.3. The number of nitrogens with one attached hydrogen (secondary N) is 5. The van der Waals surface area contributed by atoms with Crippen LogP contribution in [0.5, 0.6) is 11.5 Å². The number of β-amino-alcohol motifs (C(OH)–C–C–N with tert-alkyl or cyclic N) is 1. The highest BCUT2D eigenvalue weighted by atomic mass is 32.1. The number of piperidine rings is 1. The second-order valence-corrected chi connectivity index (χ2v) is 26.9. The summed E-state index contributed by atoms with van der Waals surface area (Å²) in [7, 11) is 3.16. The lowest BCUT2D eigenvalue weighted by Gasteiger charge is -2.47. The number of carbonyl (C=O) groups is 7. The third kappa shape index (κ3) is 16.2. The predicted molar refractivity (Wildman–Crippen MR) is 332 cm³/mol. The first-order valence-electron chi connectivity index (χ1n) is 32.0. The molecule has 13 atom stereocenters. The molecule has 14 N–H and O–H groups in total. The number of nitrogens with zero attached hydrogens (tertiary/aromatic N) is 5. The standard InChI is InChI=1S/C63H91N11O16S/c1-33-31-74-53(54(33)82)58(86)66-30-41(76)26-43(65-29-35-10-13-37(14-11-35)59-70-71-60(91-59)38-15-17-40(18-16-38)72-22-20-63(90-4,21-23-72)39-8-6-5-7-9-39)55(83)67-50(34(2)75)61(87)73-32-42(77)27-44(73)56(84)68-51(46(79)24-36-12-19-45(78)48(25-36)89-3)57(85)69-52(62(74)88)47(80)28-49(64)81/h12,15-19,25,33-35,37,39,41-44,46-47,50-54,65,75-80,82H,5-11,13-14,20-24,26-32H2,1-4H3,(H2,64,81)(H,66,86)(H,67,83)(H,68,84)(H,69,85)/t33-,34+,35-,37-,41+,42+,43-,44-,46+,47+,50-,51-,52-,53-,54-/m0/s1. The minimum atomic E-state index is -2.12. The Morgan fingerprint density at radius 1 is 0.780 bits per heavy atom. The van der Waals surface area contributed by atoms with Crippen LogP contribution in [-0.2, 0) is 44.7 Å². The van der Waals surface area contributed by atoms with E-state index in [1.54, 1.807) is 11.3 Å². The van der Waals surface area contributed by atoms with Gasteiger partial charge in [-0.3, -0.25) is 33.6 Å². The van der Waals surface area contributed by atoms with E-state index in [0.29, 0.717) is 5.92 Å². The number of carbonyl (C=O) groups excluding carboxylic acids is 7. The van der Waals surface area contributed by atoms with E-state index >= 15 is 0 Å². The van der Waals surface area contributed by atoms with Crippen LogP contribution in [0, 0.1) is 17.8 Å². The van der Waals surface area contributed by atoms with Crippen LogP contribution < -0.4 is 42.0 Å². The third-order valence-corrected chi connectivity index (χ3v) is 20.8. The van der Waals surface area contributed by atoms with Crippen LogP contribution >= 0.6 is 11.3 Å². The number of benzene rings is 2. The van der Waals surface area contributed by atoms with Gasteiger partial charge in [0, 0.05) is 75.8 Å². The van der Waals surface area contributed by atoms with Gasteiger partial charge in [0.2, 0.25) is 41.4 Å². The summed E-state index contributed by atoms with van der Waals surface area (Å²) in [5, 5.41) is 103. The van der Waals surface area contributed by atoms with E-state index in [0.717, 1.165) is 77.0 Å². The maximum atomic E-state index is 14.7. The molecule has 1 aromatic heterocycles. The molecule has 5 heterocycles. The summed E-state index contributed by atoms with van der Waals surface area (Å²) in [5.74, 6) is -7.83. The minimum absolute atomic E-state index is 0.0110. The van der Waals surface area contributed by atoms with Crippen LogP contribution in [0.4, 0.5) is 5.69 Å². The molecule has 3 aromatic rings. The van der Waals surface area contributed by atoms with Gasteiger partial charge in [-0.2, -0.15) is 0 Å². The smallest absolute Gasteiger partial charge is 0.248 e. The highest BCUT2D eigenvalue weighted by Gasteiger charge is 2.50. The van der Waals surface area contributed by atoms with Crippen molar-refractivity contribution in [3.8, 4) is 22.1 Å². The van der Waals surface area contributed by atoms with Gasteiger partial charge in [0.15, 0.2) is 11.5 Å². The highest BCUT2D eigenvalue weighted by Crippen LogP contribution is 2.43. The number of phenolic OH excluding ortho intramolecular Hbond substituents is 1. The van der Waals surface area contributed by atoms with Gasteiger partial charge in [-0.05, 0) is 125 Å². The average molecular weight is 1290 g/mol. The molecule has 0 radical (unpaired) electrons. The lowest BCUT2D eigenvalue weighted by molar-refractivity contribution is -0.147. The minimum Gasteiger partial charge on any atom is -0.504 e. The molecular weight excluding hydrogens is 1200 g/mol. The molecule has 2 saturated carbocycles. The normalized spacial score (nSPS) is 30.4. The molecule has 0 bridgehead atoms. The summed E-state index contributed by atoms with van der Waals surface area (Å²) in [6.45, 7) is 3.58. The molecule has 4 aliphatic heterocycles. The van der Waals surface area contributed by atoms with Crippen molar-refractivity contribution in [2.45, 2.75) is 195 Å². The molecular formula is C63H91N11O16S. The number of aromatic nitrogens is 2. The molecule has 91 heavy (non-hydrogen) atoms. The number of hydrogen-bond donors (Lipinski definition) is 13.